The zero-order valence-electron chi connectivity index (χ0n) is 9.84. The number of rotatable bonds is 4. The molecule has 5 nitrogen and oxygen atoms in total. The molecule has 0 radical (unpaired) electrons. The molecule has 17 heavy (non-hydrogen) atoms. The molecule has 1 aliphatic rings. The Hall–Kier alpha value is -1.75. The molecular weight excluding hydrogens is 216 g/mol. The molecule has 0 fully saturated rings. The fraction of sp³-hybridized carbons (Fsp3) is 0.417. The average Bonchev–Trinajstić information content (AvgIpc) is 2.64. The molecule has 1 unspecified atom stereocenters. The van der Waals surface area contributed by atoms with Gasteiger partial charge in [0.25, 0.3) is 5.91 Å². The third-order valence-corrected chi connectivity index (χ3v) is 2.87. The lowest BCUT2D eigenvalue weighted by molar-refractivity contribution is -0.119. The molecule has 1 amide bonds. The molecule has 90 valence electrons. The van der Waals surface area contributed by atoms with Gasteiger partial charge in [-0.15, -0.1) is 0 Å². The quantitative estimate of drug-likeness (QED) is 0.846. The molecule has 0 saturated heterocycles. The van der Waals surface area contributed by atoms with Gasteiger partial charge >= 0.3 is 0 Å². The number of aromatic nitrogens is 1. The van der Waals surface area contributed by atoms with Crippen LogP contribution in [0.15, 0.2) is 29.6 Å². The van der Waals surface area contributed by atoms with Crippen LogP contribution < -0.4 is 10.7 Å². The first kappa shape index (κ1) is 11.7. The van der Waals surface area contributed by atoms with Gasteiger partial charge in [-0.1, -0.05) is 0 Å². The van der Waals surface area contributed by atoms with E-state index < -0.39 is 0 Å². The van der Waals surface area contributed by atoms with Crippen molar-refractivity contribution in [2.24, 2.45) is 16.8 Å². The van der Waals surface area contributed by atoms with Crippen molar-refractivity contribution in [3.8, 4) is 0 Å². The van der Waals surface area contributed by atoms with Crippen LogP contribution in [0.25, 0.3) is 0 Å². The smallest absolute Gasteiger partial charge is 0.256 e. The summed E-state index contributed by atoms with van der Waals surface area (Å²) in [5.41, 5.74) is 7.10. The van der Waals surface area contributed by atoms with Gasteiger partial charge in [-0.3, -0.25) is 9.78 Å². The molecule has 0 bridgehead atoms. The number of carbonyl (C=O) groups excluding carboxylic acids is 1. The van der Waals surface area contributed by atoms with Gasteiger partial charge in [0.05, 0.1) is 11.6 Å². The zero-order valence-corrected chi connectivity index (χ0v) is 9.84. The number of hydrazone groups is 1. The van der Waals surface area contributed by atoms with Gasteiger partial charge in [0, 0.05) is 18.1 Å². The largest absolute Gasteiger partial charge is 0.330 e. The minimum absolute atomic E-state index is 0.0298. The van der Waals surface area contributed by atoms with Crippen LogP contribution in [0.3, 0.4) is 0 Å². The van der Waals surface area contributed by atoms with Crippen molar-refractivity contribution in [1.29, 1.82) is 0 Å². The molecule has 2 heterocycles. The molecule has 1 aromatic heterocycles. The summed E-state index contributed by atoms with van der Waals surface area (Å²) in [4.78, 5) is 16.1. The van der Waals surface area contributed by atoms with Crippen LogP contribution in [0.4, 0.5) is 5.69 Å². The van der Waals surface area contributed by atoms with Crippen molar-refractivity contribution in [2.45, 2.75) is 19.8 Å². The van der Waals surface area contributed by atoms with Crippen LogP contribution in [-0.2, 0) is 4.79 Å². The molecule has 2 rings (SSSR count). The highest BCUT2D eigenvalue weighted by Gasteiger charge is 2.33. The highest BCUT2D eigenvalue weighted by atomic mass is 16.2. The van der Waals surface area contributed by atoms with Crippen LogP contribution in [0.2, 0.25) is 0 Å². The highest BCUT2D eigenvalue weighted by molar-refractivity contribution is 6.14. The van der Waals surface area contributed by atoms with Crippen LogP contribution in [0.1, 0.15) is 19.8 Å². The molecule has 2 N–H and O–H groups in total. The van der Waals surface area contributed by atoms with E-state index in [1.54, 1.807) is 24.5 Å². The average molecular weight is 232 g/mol. The third-order valence-electron chi connectivity index (χ3n) is 2.87. The maximum Gasteiger partial charge on any atom is 0.256 e. The predicted molar refractivity (Wildman–Crippen MR) is 66.6 cm³/mol. The number of anilines is 1. The normalized spacial score (nSPS) is 19.6. The van der Waals surface area contributed by atoms with Crippen molar-refractivity contribution >= 4 is 17.3 Å². The second-order valence-corrected chi connectivity index (χ2v) is 4.08. The zero-order chi connectivity index (χ0) is 12.3. The van der Waals surface area contributed by atoms with Gasteiger partial charge in [0.15, 0.2) is 0 Å². The summed E-state index contributed by atoms with van der Waals surface area (Å²) in [7, 11) is 0. The summed E-state index contributed by atoms with van der Waals surface area (Å²) >= 11 is 0. The summed E-state index contributed by atoms with van der Waals surface area (Å²) in [6.45, 7) is 2.49. The number of nitrogens with two attached hydrogens (primary N) is 1. The van der Waals surface area contributed by atoms with Crippen molar-refractivity contribution in [2.75, 3.05) is 11.6 Å². The lowest BCUT2D eigenvalue weighted by atomic mass is 9.98. The molecule has 1 aromatic rings. The molecule has 0 aliphatic carbocycles. The Morgan fingerprint density at radius 3 is 2.76 bits per heavy atom. The first-order chi connectivity index (χ1) is 8.24. The first-order valence-electron chi connectivity index (χ1n) is 5.73. The lowest BCUT2D eigenvalue weighted by Crippen LogP contribution is -2.27. The van der Waals surface area contributed by atoms with E-state index in [9.17, 15) is 4.79 Å². The lowest BCUT2D eigenvalue weighted by Gasteiger charge is -2.13. The highest BCUT2D eigenvalue weighted by Crippen LogP contribution is 2.25. The van der Waals surface area contributed by atoms with Gasteiger partial charge in [0.1, 0.15) is 0 Å². The Labute approximate surface area is 100 Å². The minimum atomic E-state index is -0.119. The molecule has 0 aromatic carbocycles. The summed E-state index contributed by atoms with van der Waals surface area (Å²) in [5.74, 6) is -0.0890. The SMILES string of the molecule is CC1=NN(c2ccncc2)C(=O)C1CCCN. The monoisotopic (exact) mass is 232 g/mol. The topological polar surface area (TPSA) is 71.6 Å². The Morgan fingerprint density at radius 1 is 1.41 bits per heavy atom. The molecule has 1 atom stereocenters. The number of pyridine rings is 1. The summed E-state index contributed by atoms with van der Waals surface area (Å²) < 4.78 is 0. The maximum atomic E-state index is 12.2. The van der Waals surface area contributed by atoms with Crippen LogP contribution in [-0.4, -0.2) is 23.1 Å². The van der Waals surface area contributed by atoms with E-state index in [-0.39, 0.29) is 11.8 Å². The van der Waals surface area contributed by atoms with Crippen molar-refractivity contribution in [3.63, 3.8) is 0 Å². The van der Waals surface area contributed by atoms with Crippen molar-refractivity contribution in [1.82, 2.24) is 4.98 Å². The van der Waals surface area contributed by atoms with E-state index in [0.29, 0.717) is 6.54 Å². The number of hydrogen-bond donors (Lipinski definition) is 1. The molecule has 0 saturated carbocycles. The standard InChI is InChI=1S/C12H16N4O/c1-9-11(3-2-6-13)12(17)16(15-9)10-4-7-14-8-5-10/h4-5,7-8,11H,2-3,6,13H2,1H3. The van der Waals surface area contributed by atoms with E-state index in [4.69, 9.17) is 5.73 Å². The Morgan fingerprint density at radius 2 is 2.12 bits per heavy atom. The van der Waals surface area contributed by atoms with E-state index in [0.717, 1.165) is 24.2 Å². The Bertz CT molecular complexity index is 429. The van der Waals surface area contributed by atoms with Gasteiger partial charge in [0.2, 0.25) is 0 Å². The number of carbonyl (C=O) groups is 1. The van der Waals surface area contributed by atoms with E-state index in [1.807, 2.05) is 6.92 Å². The van der Waals surface area contributed by atoms with Gasteiger partial charge in [-0.25, -0.2) is 5.01 Å². The third kappa shape index (κ3) is 2.34. The second kappa shape index (κ2) is 5.05. The number of nitrogens with zero attached hydrogens (tertiary/aromatic N) is 3. The van der Waals surface area contributed by atoms with Crippen LogP contribution in [0.5, 0.6) is 0 Å². The summed E-state index contributed by atoms with van der Waals surface area (Å²) in [6.07, 6.45) is 4.92. The molecular formula is C12H16N4O. The molecule has 5 heteroatoms. The summed E-state index contributed by atoms with van der Waals surface area (Å²) in [6, 6.07) is 3.56. The first-order valence-corrected chi connectivity index (χ1v) is 5.73. The Balaban J connectivity index is 2.16. The van der Waals surface area contributed by atoms with Crippen molar-refractivity contribution in [3.05, 3.63) is 24.5 Å². The second-order valence-electron chi connectivity index (χ2n) is 4.08. The molecule has 1 aliphatic heterocycles. The maximum absolute atomic E-state index is 12.2. The van der Waals surface area contributed by atoms with Gasteiger partial charge < -0.3 is 5.73 Å². The van der Waals surface area contributed by atoms with E-state index in [2.05, 4.69) is 10.1 Å². The number of amides is 1. The van der Waals surface area contributed by atoms with Crippen LogP contribution in [0, 0.1) is 5.92 Å². The van der Waals surface area contributed by atoms with Gasteiger partial charge in [-0.05, 0) is 38.4 Å². The predicted octanol–water partition coefficient (Wildman–Crippen LogP) is 1.16. The van der Waals surface area contributed by atoms with E-state index >= 15 is 0 Å². The Kier molecular flexibility index (Phi) is 3.49. The fourth-order valence-electron chi connectivity index (χ4n) is 1.93. The van der Waals surface area contributed by atoms with Crippen molar-refractivity contribution < 1.29 is 4.79 Å². The summed E-state index contributed by atoms with van der Waals surface area (Å²) in [5, 5.41) is 5.76. The fourth-order valence-corrected chi connectivity index (χ4v) is 1.93. The molecule has 0 spiro atoms. The van der Waals surface area contributed by atoms with Gasteiger partial charge in [-0.2, -0.15) is 5.10 Å². The van der Waals surface area contributed by atoms with Crippen LogP contribution >= 0.6 is 0 Å². The minimum Gasteiger partial charge on any atom is -0.330 e. The van der Waals surface area contributed by atoms with E-state index in [1.165, 1.54) is 5.01 Å². The number of hydrogen-bond acceptors (Lipinski definition) is 4.